The van der Waals surface area contributed by atoms with Crippen molar-refractivity contribution in [3.63, 3.8) is 0 Å². The number of sulfonamides is 1. The molecular formula is C18H24N4O2S. The van der Waals surface area contributed by atoms with Crippen molar-refractivity contribution in [1.82, 2.24) is 14.7 Å². The number of anilines is 1. The Morgan fingerprint density at radius 2 is 1.76 bits per heavy atom. The highest BCUT2D eigenvalue weighted by Crippen LogP contribution is 2.22. The quantitative estimate of drug-likeness (QED) is 0.887. The van der Waals surface area contributed by atoms with Crippen LogP contribution in [0.15, 0.2) is 29.3 Å². The van der Waals surface area contributed by atoms with E-state index in [0.717, 1.165) is 48.4 Å². The third-order valence-corrected chi connectivity index (χ3v) is 6.12. The van der Waals surface area contributed by atoms with Gasteiger partial charge in [-0.05, 0) is 50.8 Å². The third-order valence-electron chi connectivity index (χ3n) is 4.41. The molecule has 6 nitrogen and oxygen atoms in total. The van der Waals surface area contributed by atoms with Gasteiger partial charge in [-0.15, -0.1) is 0 Å². The Morgan fingerprint density at radius 1 is 1.12 bits per heavy atom. The van der Waals surface area contributed by atoms with Gasteiger partial charge in [0, 0.05) is 19.3 Å². The first-order chi connectivity index (χ1) is 11.9. The molecule has 7 heteroatoms. The zero-order valence-corrected chi connectivity index (χ0v) is 15.7. The molecule has 1 aromatic carbocycles. The predicted octanol–water partition coefficient (Wildman–Crippen LogP) is 2.48. The zero-order valence-electron chi connectivity index (χ0n) is 14.9. The summed E-state index contributed by atoms with van der Waals surface area (Å²) in [6, 6.07) is 5.63. The number of aryl methyl sites for hydroxylation is 3. The van der Waals surface area contributed by atoms with E-state index in [1.807, 2.05) is 39.0 Å². The number of aromatic nitrogens is 2. The smallest absolute Gasteiger partial charge is 0.241 e. The molecule has 0 saturated carbocycles. The second-order valence-corrected chi connectivity index (χ2v) is 8.28. The molecule has 1 saturated heterocycles. The molecule has 0 atom stereocenters. The molecular weight excluding hydrogens is 336 g/mol. The Balaban J connectivity index is 1.78. The molecule has 0 aliphatic carbocycles. The second-order valence-electron chi connectivity index (χ2n) is 6.58. The minimum atomic E-state index is -3.61. The molecule has 1 fully saturated rings. The molecule has 1 aromatic heterocycles. The number of benzene rings is 1. The topological polar surface area (TPSA) is 75.2 Å². The van der Waals surface area contributed by atoms with Gasteiger partial charge in [0.1, 0.15) is 11.6 Å². The van der Waals surface area contributed by atoms with Crippen LogP contribution in [0.25, 0.3) is 0 Å². The van der Waals surface area contributed by atoms with Crippen LogP contribution in [0.1, 0.15) is 35.4 Å². The van der Waals surface area contributed by atoms with E-state index in [4.69, 9.17) is 0 Å². The van der Waals surface area contributed by atoms with Crippen LogP contribution in [0.3, 0.4) is 0 Å². The van der Waals surface area contributed by atoms with Crippen molar-refractivity contribution in [2.45, 2.75) is 45.1 Å². The Kier molecular flexibility index (Phi) is 5.06. The summed E-state index contributed by atoms with van der Waals surface area (Å²) in [7, 11) is -3.61. The molecule has 25 heavy (non-hydrogen) atoms. The van der Waals surface area contributed by atoms with E-state index < -0.39 is 10.0 Å². The Morgan fingerprint density at radius 3 is 2.40 bits per heavy atom. The van der Waals surface area contributed by atoms with Gasteiger partial charge in [-0.1, -0.05) is 17.7 Å². The summed E-state index contributed by atoms with van der Waals surface area (Å²) in [5.41, 5.74) is 2.55. The van der Waals surface area contributed by atoms with Crippen molar-refractivity contribution in [3.8, 4) is 0 Å². The van der Waals surface area contributed by atoms with Crippen molar-refractivity contribution in [3.05, 3.63) is 46.9 Å². The Bertz CT molecular complexity index is 851. The summed E-state index contributed by atoms with van der Waals surface area (Å²) in [5.74, 6) is 1.35. The molecule has 2 heterocycles. The summed E-state index contributed by atoms with van der Waals surface area (Å²) in [6.07, 6.45) is 4.02. The van der Waals surface area contributed by atoms with Gasteiger partial charge in [-0.3, -0.25) is 0 Å². The maximum Gasteiger partial charge on any atom is 0.241 e. The van der Waals surface area contributed by atoms with Crippen LogP contribution in [0.5, 0.6) is 0 Å². The monoisotopic (exact) mass is 360 g/mol. The van der Waals surface area contributed by atoms with Gasteiger partial charge in [-0.25, -0.2) is 23.1 Å². The average molecular weight is 360 g/mol. The molecule has 0 radical (unpaired) electrons. The average Bonchev–Trinajstić information content (AvgIpc) is 3.06. The SMILES string of the molecule is Cc1cc(C)c(S(=O)(=O)NCc2nccc(N3CCCC3)n2)c(C)c1. The molecule has 3 rings (SSSR count). The molecule has 134 valence electrons. The van der Waals surface area contributed by atoms with Gasteiger partial charge >= 0.3 is 0 Å². The lowest BCUT2D eigenvalue weighted by Crippen LogP contribution is -2.26. The molecule has 0 spiro atoms. The number of nitrogens with zero attached hydrogens (tertiary/aromatic N) is 3. The first-order valence-corrected chi connectivity index (χ1v) is 9.99. The Labute approximate surface area is 149 Å². The minimum absolute atomic E-state index is 0.0801. The fourth-order valence-electron chi connectivity index (χ4n) is 3.42. The predicted molar refractivity (Wildman–Crippen MR) is 98.2 cm³/mol. The van der Waals surface area contributed by atoms with Gasteiger partial charge in [0.15, 0.2) is 0 Å². The van der Waals surface area contributed by atoms with E-state index in [0.29, 0.717) is 10.7 Å². The van der Waals surface area contributed by atoms with Gasteiger partial charge < -0.3 is 4.90 Å². The molecule has 0 amide bonds. The first-order valence-electron chi connectivity index (χ1n) is 8.51. The Hall–Kier alpha value is -1.99. The molecule has 1 N–H and O–H groups in total. The largest absolute Gasteiger partial charge is 0.357 e. The second kappa shape index (κ2) is 7.09. The lowest BCUT2D eigenvalue weighted by molar-refractivity contribution is 0.578. The summed E-state index contributed by atoms with van der Waals surface area (Å²) < 4.78 is 28.1. The number of rotatable bonds is 5. The minimum Gasteiger partial charge on any atom is -0.357 e. The van der Waals surface area contributed by atoms with Gasteiger partial charge in [-0.2, -0.15) is 0 Å². The van der Waals surface area contributed by atoms with Crippen LogP contribution in [0.2, 0.25) is 0 Å². The normalized spacial score (nSPS) is 14.9. The van der Waals surface area contributed by atoms with E-state index >= 15 is 0 Å². The molecule has 1 aliphatic heterocycles. The van der Waals surface area contributed by atoms with E-state index in [-0.39, 0.29) is 6.54 Å². The lowest BCUT2D eigenvalue weighted by atomic mass is 10.1. The summed E-state index contributed by atoms with van der Waals surface area (Å²) in [4.78, 5) is 11.2. The first kappa shape index (κ1) is 17.8. The fraction of sp³-hybridized carbons (Fsp3) is 0.444. The molecule has 1 aliphatic rings. The number of hydrogen-bond acceptors (Lipinski definition) is 5. The van der Waals surface area contributed by atoms with Crippen molar-refractivity contribution in [2.75, 3.05) is 18.0 Å². The lowest BCUT2D eigenvalue weighted by Gasteiger charge is -2.17. The maximum absolute atomic E-state index is 12.7. The highest BCUT2D eigenvalue weighted by Gasteiger charge is 2.20. The van der Waals surface area contributed by atoms with Crippen LogP contribution < -0.4 is 9.62 Å². The van der Waals surface area contributed by atoms with Crippen LogP contribution in [-0.2, 0) is 16.6 Å². The van der Waals surface area contributed by atoms with Crippen LogP contribution in [0.4, 0.5) is 5.82 Å². The third kappa shape index (κ3) is 3.99. The van der Waals surface area contributed by atoms with Gasteiger partial charge in [0.25, 0.3) is 0 Å². The van der Waals surface area contributed by atoms with Crippen molar-refractivity contribution >= 4 is 15.8 Å². The highest BCUT2D eigenvalue weighted by molar-refractivity contribution is 7.89. The van der Waals surface area contributed by atoms with Crippen molar-refractivity contribution < 1.29 is 8.42 Å². The van der Waals surface area contributed by atoms with Crippen LogP contribution in [-0.4, -0.2) is 31.5 Å². The van der Waals surface area contributed by atoms with E-state index in [2.05, 4.69) is 19.6 Å². The van der Waals surface area contributed by atoms with Gasteiger partial charge in [0.2, 0.25) is 10.0 Å². The molecule has 0 bridgehead atoms. The zero-order chi connectivity index (χ0) is 18.0. The summed E-state index contributed by atoms with van der Waals surface area (Å²) >= 11 is 0. The van der Waals surface area contributed by atoms with E-state index in [1.54, 1.807) is 6.20 Å². The van der Waals surface area contributed by atoms with Crippen LogP contribution in [0, 0.1) is 20.8 Å². The van der Waals surface area contributed by atoms with Crippen molar-refractivity contribution in [2.24, 2.45) is 0 Å². The maximum atomic E-state index is 12.7. The molecule has 0 unspecified atom stereocenters. The summed E-state index contributed by atoms with van der Waals surface area (Å²) in [6.45, 7) is 7.66. The standard InChI is InChI=1S/C18H24N4O2S/c1-13-10-14(2)18(15(3)11-13)25(23,24)20-12-16-19-7-6-17(21-16)22-8-4-5-9-22/h6-7,10-11,20H,4-5,8-9,12H2,1-3H3. The molecule has 2 aromatic rings. The summed E-state index contributed by atoms with van der Waals surface area (Å²) in [5, 5.41) is 0. The van der Waals surface area contributed by atoms with E-state index in [9.17, 15) is 8.42 Å². The number of nitrogens with one attached hydrogen (secondary N) is 1. The number of hydrogen-bond donors (Lipinski definition) is 1. The van der Waals surface area contributed by atoms with Crippen molar-refractivity contribution in [1.29, 1.82) is 0 Å². The highest BCUT2D eigenvalue weighted by atomic mass is 32.2. The van der Waals surface area contributed by atoms with Crippen LogP contribution >= 0.6 is 0 Å². The van der Waals surface area contributed by atoms with Gasteiger partial charge in [0.05, 0.1) is 11.4 Å². The fourth-order valence-corrected chi connectivity index (χ4v) is 4.85. The van der Waals surface area contributed by atoms with E-state index in [1.165, 1.54) is 0 Å².